The van der Waals surface area contributed by atoms with Crippen LogP contribution in [0.1, 0.15) is 470 Å². The molecule has 0 aliphatic rings. The van der Waals surface area contributed by atoms with E-state index in [0.29, 0.717) is 19.3 Å². The molecular formula is C113H196O16P2. The van der Waals surface area contributed by atoms with Gasteiger partial charge in [-0.3, -0.25) is 32.5 Å². The van der Waals surface area contributed by atoms with Crippen LogP contribution >= 0.6 is 15.6 Å². The summed E-state index contributed by atoms with van der Waals surface area (Å²) in [6, 6.07) is 0. The number of allylic oxidation sites excluding steroid dienone is 28. The summed E-state index contributed by atoms with van der Waals surface area (Å²) in [5.74, 6) is -1.55. The van der Waals surface area contributed by atoms with Crippen LogP contribution in [0.5, 0.6) is 0 Å². The Morgan fingerprint density at radius 2 is 0.405 bits per heavy atom. The number of aliphatic hydroxyl groups excluding tert-OH is 2. The normalized spacial score (nSPS) is 14.3. The van der Waals surface area contributed by atoms with Gasteiger partial charge in [0.15, 0.2) is 6.10 Å². The molecule has 131 heavy (non-hydrogen) atoms. The molecule has 0 heterocycles. The summed E-state index contributed by atoms with van der Waals surface area (Å²) in [5, 5.41) is 20.8. The Bertz CT molecular complexity index is 3060. The number of carbonyl (C=O) groups is 3. The molecule has 16 nitrogen and oxygen atoms in total. The van der Waals surface area contributed by atoms with E-state index in [1.54, 1.807) is 0 Å². The fourth-order valence-electron chi connectivity index (χ4n) is 14.9. The van der Waals surface area contributed by atoms with Crippen LogP contribution in [0.15, 0.2) is 170 Å². The van der Waals surface area contributed by atoms with E-state index in [9.17, 15) is 43.5 Å². The Labute approximate surface area is 803 Å². The highest BCUT2D eigenvalue weighted by molar-refractivity contribution is 7.47. The summed E-state index contributed by atoms with van der Waals surface area (Å²) in [6.07, 6.45) is 137. The lowest BCUT2D eigenvalue weighted by molar-refractivity contribution is -0.161. The largest absolute Gasteiger partial charge is 0.472 e. The summed E-state index contributed by atoms with van der Waals surface area (Å²) in [6.45, 7) is 2.52. The predicted octanol–water partition coefficient (Wildman–Crippen LogP) is 34.1. The number of rotatable bonds is 101. The summed E-state index contributed by atoms with van der Waals surface area (Å²) in [7, 11) is -9.82. The number of phosphoric acid groups is 2. The summed E-state index contributed by atoms with van der Waals surface area (Å²) < 4.78 is 61.8. The maximum Gasteiger partial charge on any atom is 0.472 e. The lowest BCUT2D eigenvalue weighted by atomic mass is 10.0. The van der Waals surface area contributed by atoms with Gasteiger partial charge in [-0.25, -0.2) is 9.13 Å². The zero-order chi connectivity index (χ0) is 95.0. The number of aliphatic hydroxyl groups is 2. The highest BCUT2D eigenvalue weighted by Crippen LogP contribution is 2.45. The molecule has 0 saturated carbocycles. The number of phosphoric ester groups is 2. The van der Waals surface area contributed by atoms with Crippen molar-refractivity contribution in [3.05, 3.63) is 170 Å². The Balaban J connectivity index is 4.58. The molecule has 0 aliphatic heterocycles. The number of esters is 3. The maximum absolute atomic E-state index is 13.1. The van der Waals surface area contributed by atoms with Crippen LogP contribution in [0.4, 0.5) is 0 Å². The van der Waals surface area contributed by atoms with Crippen molar-refractivity contribution < 1.29 is 75.8 Å². The van der Waals surface area contributed by atoms with Crippen LogP contribution < -0.4 is 0 Å². The van der Waals surface area contributed by atoms with E-state index in [4.69, 9.17) is 32.3 Å². The number of hydrogen-bond acceptors (Lipinski definition) is 14. The Kier molecular flexibility index (Phi) is 99.8. The van der Waals surface area contributed by atoms with Crippen LogP contribution in [0.25, 0.3) is 0 Å². The molecule has 4 N–H and O–H groups in total. The molecule has 5 atom stereocenters. The van der Waals surface area contributed by atoms with Crippen molar-refractivity contribution >= 4 is 33.6 Å². The zero-order valence-electron chi connectivity index (χ0n) is 83.7. The van der Waals surface area contributed by atoms with Gasteiger partial charge in [-0.1, -0.05) is 467 Å². The second-order valence-electron chi connectivity index (χ2n) is 35.6. The zero-order valence-corrected chi connectivity index (χ0v) is 85.5. The fraction of sp³-hybridized carbons (Fsp3) is 0.726. The second-order valence-corrected chi connectivity index (χ2v) is 38.6. The second kappa shape index (κ2) is 104. The van der Waals surface area contributed by atoms with E-state index in [-0.39, 0.29) is 19.3 Å². The first-order valence-electron chi connectivity index (χ1n) is 53.4. The van der Waals surface area contributed by atoms with Crippen molar-refractivity contribution in [2.45, 2.75) is 489 Å². The van der Waals surface area contributed by atoms with Crippen molar-refractivity contribution in [1.29, 1.82) is 0 Å². The highest BCUT2D eigenvalue weighted by Gasteiger charge is 2.30. The molecule has 5 unspecified atom stereocenters. The molecule has 0 aromatic rings. The van der Waals surface area contributed by atoms with Crippen LogP contribution in [-0.2, 0) is 55.8 Å². The first-order valence-corrected chi connectivity index (χ1v) is 56.4. The molecule has 0 fully saturated rings. The molecule has 0 aromatic heterocycles. The van der Waals surface area contributed by atoms with Gasteiger partial charge in [-0.15, -0.1) is 0 Å². The summed E-state index contributed by atoms with van der Waals surface area (Å²) in [4.78, 5) is 59.3. The van der Waals surface area contributed by atoms with Crippen LogP contribution in [0, 0.1) is 0 Å². The van der Waals surface area contributed by atoms with Gasteiger partial charge in [0.1, 0.15) is 25.4 Å². The third kappa shape index (κ3) is 105. The van der Waals surface area contributed by atoms with E-state index in [2.05, 4.69) is 191 Å². The van der Waals surface area contributed by atoms with E-state index >= 15 is 0 Å². The van der Waals surface area contributed by atoms with E-state index < -0.39 is 91.5 Å². The van der Waals surface area contributed by atoms with Gasteiger partial charge in [0.2, 0.25) is 0 Å². The van der Waals surface area contributed by atoms with Gasteiger partial charge in [0, 0.05) is 19.3 Å². The van der Waals surface area contributed by atoms with Gasteiger partial charge >= 0.3 is 33.6 Å². The monoisotopic (exact) mass is 1870 g/mol. The third-order valence-corrected chi connectivity index (χ3v) is 24.8. The average molecular weight is 1870 g/mol. The smallest absolute Gasteiger partial charge is 0.463 e. The molecule has 0 saturated heterocycles. The van der Waals surface area contributed by atoms with Crippen LogP contribution in [-0.4, -0.2) is 95.9 Å². The molecular weight excluding hydrogens is 1680 g/mol. The molecule has 0 radical (unpaired) electrons. The van der Waals surface area contributed by atoms with Gasteiger partial charge in [-0.05, 0) is 154 Å². The van der Waals surface area contributed by atoms with Crippen LogP contribution in [0.2, 0.25) is 0 Å². The van der Waals surface area contributed by atoms with Gasteiger partial charge in [0.05, 0.1) is 26.4 Å². The predicted molar refractivity (Wildman–Crippen MR) is 555 cm³/mol. The fourth-order valence-corrected chi connectivity index (χ4v) is 16.5. The minimum Gasteiger partial charge on any atom is -0.463 e. The van der Waals surface area contributed by atoms with Crippen molar-refractivity contribution in [2.24, 2.45) is 0 Å². The van der Waals surface area contributed by atoms with Gasteiger partial charge < -0.3 is 34.2 Å². The summed E-state index contributed by atoms with van der Waals surface area (Å²) >= 11 is 0. The highest BCUT2D eigenvalue weighted by atomic mass is 31.2. The van der Waals surface area contributed by atoms with Gasteiger partial charge in [0.25, 0.3) is 0 Å². The minimum absolute atomic E-state index is 0.101. The molecule has 0 rings (SSSR count). The summed E-state index contributed by atoms with van der Waals surface area (Å²) in [5.41, 5.74) is 0. The molecule has 754 valence electrons. The molecule has 0 aliphatic carbocycles. The minimum atomic E-state index is -4.95. The average Bonchev–Trinajstić information content (AvgIpc) is 0.896. The SMILES string of the molecule is CC/C=C\C/C=C\C/C=C\C/C=C\C/C=C\CCCCCCCCCCCCCCCCCCCCCC(=O)OCC(O)COP(=O)(O)OCC(O)COP(=O)(O)OCC(COC(=O)CCCCCCCCCCCCCCCCC/C=C\C/C=C\C/C=C\C/C=C\C/C=C\CC)OC(=O)CCCCCCCCCCCCCCC/C=C\C/C=C\C/C=C\C/C=C\CCCCC. The molecule has 0 amide bonds. The van der Waals surface area contributed by atoms with Crippen molar-refractivity contribution in [2.75, 3.05) is 39.6 Å². The lowest BCUT2D eigenvalue weighted by Crippen LogP contribution is -2.30. The maximum atomic E-state index is 13.1. The first kappa shape index (κ1) is 126. The Morgan fingerprint density at radius 1 is 0.221 bits per heavy atom. The van der Waals surface area contributed by atoms with Crippen molar-refractivity contribution in [3.63, 3.8) is 0 Å². The molecule has 0 aromatic carbocycles. The topological polar surface area (TPSA) is 231 Å². The number of unbranched alkanes of at least 4 members (excludes halogenated alkanes) is 50. The first-order chi connectivity index (χ1) is 64.2. The quantitative estimate of drug-likeness (QED) is 0.0146. The number of hydrogen-bond donors (Lipinski definition) is 4. The van der Waals surface area contributed by atoms with E-state index in [1.807, 2.05) is 0 Å². The van der Waals surface area contributed by atoms with Crippen LogP contribution in [0.3, 0.4) is 0 Å². The lowest BCUT2D eigenvalue weighted by Gasteiger charge is -2.21. The third-order valence-electron chi connectivity index (χ3n) is 22.9. The number of ether oxygens (including phenoxy) is 3. The Morgan fingerprint density at radius 3 is 0.641 bits per heavy atom. The van der Waals surface area contributed by atoms with E-state index in [0.717, 1.165) is 154 Å². The Hall–Kier alpha value is -5.09. The van der Waals surface area contributed by atoms with Crippen molar-refractivity contribution in [1.82, 2.24) is 0 Å². The molecule has 0 bridgehead atoms. The molecule has 0 spiro atoms. The van der Waals surface area contributed by atoms with Gasteiger partial charge in [-0.2, -0.15) is 0 Å². The number of carbonyl (C=O) groups excluding carboxylic acids is 3. The molecule has 18 heteroatoms. The standard InChI is InChI=1S/C113H196O16P2/c1-4-7-10-13-16-19-22-25-28-31-34-37-40-43-46-49-51-52-53-54-56-59-60-63-66-69-72-75-78-81-84-87-90-93-96-99-111(116)123-102-108(114)103-125-130(119,120)126-104-109(115)105-127-131(121,122)128-107-110(129-113(118)101-98-95-92-89-86-83-80-77-74-71-68-65-62-57-48-45-42-39-36-33-30-27-24-21-18-15-12-9-6-3)106-124-112(117)100-97-94-91-88-85-82-79-76-73-70-67-64-61-58-55-50-47-44-41-38-35-32-29-26-23-20-17-14-11-8-5-2/h7-8,10-11,16-21,25-30,34-39,43-48,108-110,114-115H,4-6,9,12-15,22-24,31-33,40-42,49-107H2,1-3H3,(H,119,120)(H,121,122)/b10-7-,11-8-,19-16-,20-17-,21-18-,28-25-,29-26-,30-27-,37-34-,38-35-,39-36-,46-43-,47-44-,48-45-. The van der Waals surface area contributed by atoms with E-state index in [1.165, 1.54) is 257 Å². The van der Waals surface area contributed by atoms with Crippen molar-refractivity contribution in [3.8, 4) is 0 Å².